The summed E-state index contributed by atoms with van der Waals surface area (Å²) in [6, 6.07) is 13.4. The molecule has 21 heavy (non-hydrogen) atoms. The van der Waals surface area contributed by atoms with Crippen molar-refractivity contribution < 1.29 is 19.0 Å². The van der Waals surface area contributed by atoms with Gasteiger partial charge >= 0.3 is 0 Å². The smallest absolute Gasteiger partial charge is 0.203 e. The number of ether oxygens (including phenoxy) is 3. The van der Waals surface area contributed by atoms with Crippen LogP contribution >= 0.6 is 0 Å². The van der Waals surface area contributed by atoms with Crippen molar-refractivity contribution in [2.24, 2.45) is 0 Å². The maximum absolute atomic E-state index is 11.5. The van der Waals surface area contributed by atoms with Crippen LogP contribution < -0.4 is 14.2 Å². The van der Waals surface area contributed by atoms with Crippen molar-refractivity contribution in [2.45, 2.75) is 12.5 Å². The number of hydrogen-bond acceptors (Lipinski definition) is 4. The summed E-state index contributed by atoms with van der Waals surface area (Å²) in [4.78, 5) is 11.5. The second-order valence-electron chi connectivity index (χ2n) is 5.23. The van der Waals surface area contributed by atoms with Crippen molar-refractivity contribution in [3.8, 4) is 17.2 Å². The molecule has 0 radical (unpaired) electrons. The Bertz CT molecular complexity index is 683. The van der Waals surface area contributed by atoms with Crippen molar-refractivity contribution in [3.63, 3.8) is 0 Å². The molecule has 2 aliphatic rings. The summed E-state index contributed by atoms with van der Waals surface area (Å²) in [7, 11) is 0. The molecule has 0 bridgehead atoms. The summed E-state index contributed by atoms with van der Waals surface area (Å²) < 4.78 is 16.9. The Kier molecular flexibility index (Phi) is 2.81. The van der Waals surface area contributed by atoms with Crippen molar-refractivity contribution in [1.29, 1.82) is 0 Å². The molecule has 0 aromatic heterocycles. The lowest BCUT2D eigenvalue weighted by molar-refractivity contribution is 0.0961. The summed E-state index contributed by atoms with van der Waals surface area (Å²) in [6.07, 6.45) is 0.883. The van der Waals surface area contributed by atoms with Crippen LogP contribution in [0.4, 0.5) is 0 Å². The van der Waals surface area contributed by atoms with Crippen LogP contribution in [0.1, 0.15) is 15.9 Å². The highest BCUT2D eigenvalue weighted by molar-refractivity contribution is 6.02. The van der Waals surface area contributed by atoms with E-state index in [1.807, 2.05) is 18.2 Å². The Labute approximate surface area is 122 Å². The lowest BCUT2D eigenvalue weighted by Gasteiger charge is -2.12. The first-order valence-corrected chi connectivity index (χ1v) is 6.97. The standard InChI is InChI=1S/C17H14O4/c18-15-10-20-17-8-12(5-6-14(15)17)19-9-13-7-11-3-1-2-4-16(11)21-13/h1-6,8,13H,7,9-10H2. The average molecular weight is 282 g/mol. The molecule has 4 nitrogen and oxygen atoms in total. The summed E-state index contributed by atoms with van der Waals surface area (Å²) in [6.45, 7) is 0.598. The maximum atomic E-state index is 11.5. The number of carbonyl (C=O) groups excluding carboxylic acids is 1. The molecule has 2 heterocycles. The second-order valence-corrected chi connectivity index (χ2v) is 5.23. The highest BCUT2D eigenvalue weighted by atomic mass is 16.5. The van der Waals surface area contributed by atoms with Crippen LogP contribution in [0.25, 0.3) is 0 Å². The molecule has 1 atom stereocenters. The number of fused-ring (bicyclic) bond motifs is 2. The molecule has 1 unspecified atom stereocenters. The van der Waals surface area contributed by atoms with E-state index in [0.717, 1.165) is 12.2 Å². The zero-order valence-electron chi connectivity index (χ0n) is 11.4. The normalized spacial score (nSPS) is 18.7. The minimum Gasteiger partial charge on any atom is -0.490 e. The van der Waals surface area contributed by atoms with Gasteiger partial charge in [0.2, 0.25) is 5.78 Å². The third kappa shape index (κ3) is 2.23. The fraction of sp³-hybridized carbons (Fsp3) is 0.235. The maximum Gasteiger partial charge on any atom is 0.203 e. The monoisotopic (exact) mass is 282 g/mol. The van der Waals surface area contributed by atoms with Crippen LogP contribution in [0, 0.1) is 0 Å². The molecular weight excluding hydrogens is 268 g/mol. The zero-order valence-corrected chi connectivity index (χ0v) is 11.4. The molecule has 0 saturated heterocycles. The minimum absolute atomic E-state index is 0.0196. The first-order valence-electron chi connectivity index (χ1n) is 6.97. The van der Waals surface area contributed by atoms with E-state index < -0.39 is 0 Å². The van der Waals surface area contributed by atoms with E-state index in [2.05, 4.69) is 6.07 Å². The lowest BCUT2D eigenvalue weighted by atomic mass is 10.1. The molecular formula is C17H14O4. The fourth-order valence-electron chi connectivity index (χ4n) is 2.70. The zero-order chi connectivity index (χ0) is 14.2. The number of Topliss-reactive ketones (excluding diaryl/α,β-unsaturated/α-hetero) is 1. The summed E-state index contributed by atoms with van der Waals surface area (Å²) in [5, 5.41) is 0. The van der Waals surface area contributed by atoms with E-state index in [1.54, 1.807) is 18.2 Å². The molecule has 2 aliphatic heterocycles. The van der Waals surface area contributed by atoms with Crippen LogP contribution in [0.5, 0.6) is 17.2 Å². The summed E-state index contributed by atoms with van der Waals surface area (Å²) in [5.74, 6) is 2.26. The molecule has 4 heteroatoms. The second kappa shape index (κ2) is 4.81. The predicted molar refractivity (Wildman–Crippen MR) is 76.3 cm³/mol. The fourth-order valence-corrected chi connectivity index (χ4v) is 2.70. The highest BCUT2D eigenvalue weighted by Gasteiger charge is 2.24. The van der Waals surface area contributed by atoms with Crippen molar-refractivity contribution in [2.75, 3.05) is 13.2 Å². The molecule has 0 amide bonds. The van der Waals surface area contributed by atoms with Gasteiger partial charge in [0.05, 0.1) is 5.56 Å². The Morgan fingerprint density at radius 2 is 2.05 bits per heavy atom. The molecule has 4 rings (SSSR count). The van der Waals surface area contributed by atoms with E-state index in [4.69, 9.17) is 14.2 Å². The Morgan fingerprint density at radius 3 is 2.95 bits per heavy atom. The topological polar surface area (TPSA) is 44.8 Å². The van der Waals surface area contributed by atoms with Gasteiger partial charge in [-0.05, 0) is 23.8 Å². The van der Waals surface area contributed by atoms with E-state index in [-0.39, 0.29) is 18.5 Å². The number of carbonyl (C=O) groups is 1. The molecule has 0 aliphatic carbocycles. The third-order valence-corrected chi connectivity index (χ3v) is 3.76. The Morgan fingerprint density at radius 1 is 1.14 bits per heavy atom. The predicted octanol–water partition coefficient (Wildman–Crippen LogP) is 2.64. The van der Waals surface area contributed by atoms with Crippen LogP contribution in [-0.4, -0.2) is 25.1 Å². The van der Waals surface area contributed by atoms with Crippen LogP contribution in [0.3, 0.4) is 0 Å². The number of rotatable bonds is 3. The van der Waals surface area contributed by atoms with Gasteiger partial charge in [0, 0.05) is 12.5 Å². The van der Waals surface area contributed by atoms with Crippen molar-refractivity contribution in [1.82, 2.24) is 0 Å². The van der Waals surface area contributed by atoms with E-state index in [1.165, 1.54) is 5.56 Å². The van der Waals surface area contributed by atoms with E-state index >= 15 is 0 Å². The van der Waals surface area contributed by atoms with Gasteiger partial charge in [0.25, 0.3) is 0 Å². The van der Waals surface area contributed by atoms with E-state index in [9.17, 15) is 4.79 Å². The number of benzene rings is 2. The molecule has 106 valence electrons. The lowest BCUT2D eigenvalue weighted by Crippen LogP contribution is -2.22. The molecule has 2 aromatic rings. The molecule has 0 N–H and O–H groups in total. The van der Waals surface area contributed by atoms with Crippen LogP contribution in [0.15, 0.2) is 42.5 Å². The quantitative estimate of drug-likeness (QED) is 0.868. The van der Waals surface area contributed by atoms with Crippen LogP contribution in [-0.2, 0) is 6.42 Å². The van der Waals surface area contributed by atoms with Crippen LogP contribution in [0.2, 0.25) is 0 Å². The number of hydrogen-bond donors (Lipinski definition) is 0. The van der Waals surface area contributed by atoms with Gasteiger partial charge in [-0.1, -0.05) is 18.2 Å². The first kappa shape index (κ1) is 12.3. The van der Waals surface area contributed by atoms with Gasteiger partial charge in [-0.2, -0.15) is 0 Å². The van der Waals surface area contributed by atoms with E-state index in [0.29, 0.717) is 23.7 Å². The van der Waals surface area contributed by atoms with Crippen molar-refractivity contribution >= 4 is 5.78 Å². The first-order chi connectivity index (χ1) is 10.3. The summed E-state index contributed by atoms with van der Waals surface area (Å²) in [5.41, 5.74) is 1.85. The Hall–Kier alpha value is -2.49. The minimum atomic E-state index is 0.0196. The molecule has 2 aromatic carbocycles. The number of ketones is 1. The largest absolute Gasteiger partial charge is 0.490 e. The Balaban J connectivity index is 1.41. The van der Waals surface area contributed by atoms with Gasteiger partial charge in [0.15, 0.2) is 6.61 Å². The molecule has 0 fully saturated rings. The highest BCUT2D eigenvalue weighted by Crippen LogP contribution is 2.31. The third-order valence-electron chi connectivity index (χ3n) is 3.76. The van der Waals surface area contributed by atoms with Gasteiger partial charge in [-0.15, -0.1) is 0 Å². The van der Waals surface area contributed by atoms with Gasteiger partial charge < -0.3 is 14.2 Å². The SMILES string of the molecule is O=C1COc2cc(OCC3Cc4ccccc4O3)ccc21. The average Bonchev–Trinajstić information content (AvgIpc) is 3.08. The molecule has 0 spiro atoms. The summed E-state index contributed by atoms with van der Waals surface area (Å²) >= 11 is 0. The van der Waals surface area contributed by atoms with Crippen molar-refractivity contribution in [3.05, 3.63) is 53.6 Å². The van der Waals surface area contributed by atoms with Gasteiger partial charge in [-0.25, -0.2) is 0 Å². The van der Waals surface area contributed by atoms with Gasteiger partial charge in [0.1, 0.15) is 30.0 Å². The number of para-hydroxylation sites is 1. The van der Waals surface area contributed by atoms with Gasteiger partial charge in [-0.3, -0.25) is 4.79 Å². The molecule has 0 saturated carbocycles.